The molecule has 28 heavy (non-hydrogen) atoms. The average molecular weight is 397 g/mol. The second-order valence-electron chi connectivity index (χ2n) is 7.40. The Labute approximate surface area is 168 Å². The SMILES string of the molecule is C=C(C)COc1cccc2c1NC(c1cc([N+](=O)[O-])ccc1Cl)C1CC=CC21. The number of fused-ring (bicyclic) bond motifs is 3. The summed E-state index contributed by atoms with van der Waals surface area (Å²) in [7, 11) is 0. The van der Waals surface area contributed by atoms with Crippen LogP contribution in [0.3, 0.4) is 0 Å². The number of ether oxygens (including phenoxy) is 1. The maximum absolute atomic E-state index is 11.3. The second kappa shape index (κ2) is 7.32. The largest absolute Gasteiger partial charge is 0.487 e. The molecular formula is C22H21ClN2O3. The van der Waals surface area contributed by atoms with Crippen molar-refractivity contribution in [2.24, 2.45) is 5.92 Å². The molecule has 0 saturated carbocycles. The zero-order valence-electron chi connectivity index (χ0n) is 15.5. The van der Waals surface area contributed by atoms with Gasteiger partial charge in [-0.3, -0.25) is 10.1 Å². The van der Waals surface area contributed by atoms with Crippen molar-refractivity contribution in [2.75, 3.05) is 11.9 Å². The van der Waals surface area contributed by atoms with Gasteiger partial charge in [-0.05, 0) is 42.5 Å². The number of rotatable bonds is 5. The molecule has 0 aromatic heterocycles. The predicted octanol–water partition coefficient (Wildman–Crippen LogP) is 6.03. The first kappa shape index (κ1) is 18.6. The number of allylic oxidation sites excluding steroid dienone is 2. The fourth-order valence-electron chi connectivity index (χ4n) is 4.10. The van der Waals surface area contributed by atoms with Gasteiger partial charge < -0.3 is 10.1 Å². The number of nitro groups is 1. The molecule has 2 aliphatic rings. The number of hydrogen-bond donors (Lipinski definition) is 1. The van der Waals surface area contributed by atoms with Gasteiger partial charge in [0.05, 0.1) is 16.7 Å². The van der Waals surface area contributed by atoms with Crippen molar-refractivity contribution in [2.45, 2.75) is 25.3 Å². The van der Waals surface area contributed by atoms with Crippen LogP contribution in [-0.2, 0) is 0 Å². The van der Waals surface area contributed by atoms with Crippen molar-refractivity contribution in [3.63, 3.8) is 0 Å². The Hall–Kier alpha value is -2.79. The molecule has 2 aromatic rings. The van der Waals surface area contributed by atoms with E-state index in [4.69, 9.17) is 16.3 Å². The summed E-state index contributed by atoms with van der Waals surface area (Å²) in [5.41, 5.74) is 3.82. The van der Waals surface area contributed by atoms with E-state index in [1.165, 1.54) is 11.6 Å². The topological polar surface area (TPSA) is 64.4 Å². The highest BCUT2D eigenvalue weighted by atomic mass is 35.5. The summed E-state index contributed by atoms with van der Waals surface area (Å²) < 4.78 is 5.96. The van der Waals surface area contributed by atoms with Gasteiger partial charge >= 0.3 is 0 Å². The predicted molar refractivity (Wildman–Crippen MR) is 111 cm³/mol. The molecule has 1 aliphatic carbocycles. The van der Waals surface area contributed by atoms with Gasteiger partial charge in [-0.15, -0.1) is 0 Å². The number of nitro benzene ring substituents is 1. The molecule has 0 bridgehead atoms. The molecule has 3 unspecified atom stereocenters. The first-order valence-electron chi connectivity index (χ1n) is 9.23. The third-order valence-electron chi connectivity index (χ3n) is 5.36. The van der Waals surface area contributed by atoms with E-state index in [9.17, 15) is 10.1 Å². The van der Waals surface area contributed by atoms with Crippen molar-refractivity contribution >= 4 is 23.0 Å². The van der Waals surface area contributed by atoms with E-state index in [0.717, 1.165) is 29.0 Å². The summed E-state index contributed by atoms with van der Waals surface area (Å²) >= 11 is 6.47. The highest BCUT2D eigenvalue weighted by Crippen LogP contribution is 2.53. The molecular weight excluding hydrogens is 376 g/mol. The van der Waals surface area contributed by atoms with Crippen molar-refractivity contribution in [3.05, 3.63) is 87.0 Å². The Bertz CT molecular complexity index is 986. The van der Waals surface area contributed by atoms with E-state index in [2.05, 4.69) is 30.1 Å². The minimum absolute atomic E-state index is 0.0429. The van der Waals surface area contributed by atoms with Crippen LogP contribution in [0.2, 0.25) is 5.02 Å². The van der Waals surface area contributed by atoms with Crippen LogP contribution in [0.1, 0.15) is 36.4 Å². The molecule has 4 rings (SSSR count). The van der Waals surface area contributed by atoms with Gasteiger partial charge in [0.25, 0.3) is 5.69 Å². The van der Waals surface area contributed by atoms with Gasteiger partial charge in [0.1, 0.15) is 12.4 Å². The third-order valence-corrected chi connectivity index (χ3v) is 5.70. The van der Waals surface area contributed by atoms with E-state index >= 15 is 0 Å². The zero-order chi connectivity index (χ0) is 19.8. The molecule has 1 aliphatic heterocycles. The quantitative estimate of drug-likeness (QED) is 0.380. The van der Waals surface area contributed by atoms with Crippen LogP contribution in [0.25, 0.3) is 0 Å². The normalized spacial score (nSPS) is 22.1. The Balaban J connectivity index is 1.78. The molecule has 3 atom stereocenters. The molecule has 0 amide bonds. The van der Waals surface area contributed by atoms with Gasteiger partial charge in [-0.25, -0.2) is 0 Å². The number of nitrogens with zero attached hydrogens (tertiary/aromatic N) is 1. The molecule has 1 heterocycles. The third kappa shape index (κ3) is 3.27. The summed E-state index contributed by atoms with van der Waals surface area (Å²) in [6.45, 7) is 6.25. The Morgan fingerprint density at radius 3 is 2.93 bits per heavy atom. The van der Waals surface area contributed by atoms with E-state index in [1.807, 2.05) is 19.1 Å². The van der Waals surface area contributed by atoms with Gasteiger partial charge in [0.15, 0.2) is 0 Å². The molecule has 0 saturated heterocycles. The van der Waals surface area contributed by atoms with Crippen LogP contribution in [0.4, 0.5) is 11.4 Å². The number of para-hydroxylation sites is 1. The number of anilines is 1. The number of hydrogen-bond acceptors (Lipinski definition) is 4. The summed E-state index contributed by atoms with van der Waals surface area (Å²) in [6, 6.07) is 10.5. The standard InChI is InChI=1S/C22H21ClN2O3/c1-13(2)12-28-20-8-4-7-17-15-5-3-6-16(15)21(24-22(17)20)18-11-14(25(26)27)9-10-19(18)23/h3-5,7-11,15-16,21,24H,1,6,12H2,2H3. The molecule has 2 aromatic carbocycles. The van der Waals surface area contributed by atoms with Gasteiger partial charge in [0.2, 0.25) is 0 Å². The van der Waals surface area contributed by atoms with Crippen LogP contribution in [-0.4, -0.2) is 11.5 Å². The van der Waals surface area contributed by atoms with E-state index in [1.54, 1.807) is 12.1 Å². The Morgan fingerprint density at radius 1 is 1.36 bits per heavy atom. The smallest absolute Gasteiger partial charge is 0.269 e. The minimum atomic E-state index is -0.387. The lowest BCUT2D eigenvalue weighted by molar-refractivity contribution is -0.384. The highest BCUT2D eigenvalue weighted by molar-refractivity contribution is 6.31. The molecule has 0 radical (unpaired) electrons. The molecule has 0 fully saturated rings. The van der Waals surface area contributed by atoms with Crippen LogP contribution in [0.15, 0.2) is 60.7 Å². The van der Waals surface area contributed by atoms with Crippen LogP contribution in [0.5, 0.6) is 5.75 Å². The highest BCUT2D eigenvalue weighted by Gasteiger charge is 2.40. The fraction of sp³-hybridized carbons (Fsp3) is 0.273. The first-order valence-corrected chi connectivity index (χ1v) is 9.60. The fourth-order valence-corrected chi connectivity index (χ4v) is 4.34. The summed E-state index contributed by atoms with van der Waals surface area (Å²) in [4.78, 5) is 10.9. The molecule has 6 heteroatoms. The van der Waals surface area contributed by atoms with Crippen LogP contribution >= 0.6 is 11.6 Å². The van der Waals surface area contributed by atoms with E-state index < -0.39 is 0 Å². The number of non-ortho nitro benzene ring substituents is 1. The number of benzene rings is 2. The van der Waals surface area contributed by atoms with Crippen molar-refractivity contribution < 1.29 is 9.66 Å². The number of halogens is 1. The lowest BCUT2D eigenvalue weighted by atomic mass is 9.77. The maximum atomic E-state index is 11.3. The van der Waals surface area contributed by atoms with Crippen molar-refractivity contribution in [3.8, 4) is 5.75 Å². The summed E-state index contributed by atoms with van der Waals surface area (Å²) in [6.07, 6.45) is 5.27. The molecule has 1 N–H and O–H groups in total. The van der Waals surface area contributed by atoms with E-state index in [-0.39, 0.29) is 28.5 Å². The minimum Gasteiger partial charge on any atom is -0.487 e. The van der Waals surface area contributed by atoms with Gasteiger partial charge in [-0.1, -0.05) is 42.5 Å². The average Bonchev–Trinajstić information content (AvgIpc) is 3.16. The van der Waals surface area contributed by atoms with Crippen LogP contribution in [0, 0.1) is 16.0 Å². The molecule has 5 nitrogen and oxygen atoms in total. The van der Waals surface area contributed by atoms with Crippen molar-refractivity contribution in [1.29, 1.82) is 0 Å². The zero-order valence-corrected chi connectivity index (χ0v) is 16.3. The Kier molecular flexibility index (Phi) is 4.85. The van der Waals surface area contributed by atoms with Crippen LogP contribution < -0.4 is 10.1 Å². The van der Waals surface area contributed by atoms with Gasteiger partial charge in [0, 0.05) is 28.6 Å². The number of nitrogens with one attached hydrogen (secondary N) is 1. The van der Waals surface area contributed by atoms with E-state index in [0.29, 0.717) is 11.6 Å². The monoisotopic (exact) mass is 396 g/mol. The maximum Gasteiger partial charge on any atom is 0.269 e. The molecule has 144 valence electrons. The molecule has 0 spiro atoms. The van der Waals surface area contributed by atoms with Gasteiger partial charge in [-0.2, -0.15) is 0 Å². The summed E-state index contributed by atoms with van der Waals surface area (Å²) in [5.74, 6) is 1.21. The first-order chi connectivity index (χ1) is 13.5. The second-order valence-corrected chi connectivity index (χ2v) is 7.81. The van der Waals surface area contributed by atoms with Crippen molar-refractivity contribution in [1.82, 2.24) is 0 Å². The summed E-state index contributed by atoms with van der Waals surface area (Å²) in [5, 5.41) is 15.4. The lowest BCUT2D eigenvalue weighted by Gasteiger charge is -2.38. The Morgan fingerprint density at radius 2 is 2.18 bits per heavy atom. The lowest BCUT2D eigenvalue weighted by Crippen LogP contribution is -2.29.